The van der Waals surface area contributed by atoms with Gasteiger partial charge in [-0.1, -0.05) is 175 Å². The molecule has 0 aliphatic carbocycles. The van der Waals surface area contributed by atoms with Gasteiger partial charge < -0.3 is 0 Å². The molecule has 0 aromatic carbocycles. The van der Waals surface area contributed by atoms with Crippen LogP contribution in [0.2, 0.25) is 0 Å². The topological polar surface area (TPSA) is 0 Å². The van der Waals surface area contributed by atoms with Gasteiger partial charge in [0, 0.05) is 0 Å². The minimum Gasteiger partial charge on any atom is -0.0654 e. The van der Waals surface area contributed by atoms with E-state index < -0.39 is 0 Å². The fourth-order valence-corrected chi connectivity index (χ4v) is 4.67. The third-order valence-corrected chi connectivity index (χ3v) is 6.63. The van der Waals surface area contributed by atoms with Crippen molar-refractivity contribution in [1.82, 2.24) is 0 Å². The third-order valence-electron chi connectivity index (χ3n) is 6.63. The molecule has 0 amide bonds. The maximum atomic E-state index is 2.36. The first kappa shape index (κ1) is 28.0. The van der Waals surface area contributed by atoms with Gasteiger partial charge in [0.25, 0.3) is 0 Å². The molecule has 28 heavy (non-hydrogen) atoms. The van der Waals surface area contributed by atoms with E-state index in [2.05, 4.69) is 20.8 Å². The molecule has 0 saturated heterocycles. The van der Waals surface area contributed by atoms with Crippen molar-refractivity contribution in [1.29, 1.82) is 0 Å². The molecule has 0 rings (SSSR count). The zero-order valence-electron chi connectivity index (χ0n) is 20.5. The number of unbranched alkanes of at least 4 members (excludes halogenated alkanes) is 18. The maximum absolute atomic E-state index is 2.36. The summed E-state index contributed by atoms with van der Waals surface area (Å²) in [5.74, 6) is 1.03. The maximum Gasteiger partial charge on any atom is -0.0414 e. The average Bonchev–Trinajstić information content (AvgIpc) is 2.71. The summed E-state index contributed by atoms with van der Waals surface area (Å²) in [4.78, 5) is 0. The van der Waals surface area contributed by atoms with Crippen molar-refractivity contribution in [3.05, 3.63) is 0 Å². The molecular formula is C28H58. The van der Waals surface area contributed by atoms with Crippen LogP contribution in [-0.4, -0.2) is 0 Å². The van der Waals surface area contributed by atoms with E-state index in [1.807, 2.05) is 0 Å². The lowest BCUT2D eigenvalue weighted by Crippen LogP contribution is -2.00. The van der Waals surface area contributed by atoms with E-state index in [9.17, 15) is 0 Å². The Kier molecular flexibility index (Phi) is 25.0. The van der Waals surface area contributed by atoms with E-state index in [1.54, 1.807) is 0 Å². The van der Waals surface area contributed by atoms with E-state index in [1.165, 1.54) is 154 Å². The number of rotatable bonds is 24. The standard InChI is InChI=1S/C28H58/c1-4-7-9-10-11-12-13-14-15-16-17-18-19-20-21-22-23-24-27-28(25-6-3)26-8-5-2/h28H,4-27H2,1-3H3. The minimum atomic E-state index is 1.03. The summed E-state index contributed by atoms with van der Waals surface area (Å²) in [5.41, 5.74) is 0. The number of hydrogen-bond acceptors (Lipinski definition) is 0. The van der Waals surface area contributed by atoms with Crippen LogP contribution >= 0.6 is 0 Å². The second-order valence-electron chi connectivity index (χ2n) is 9.60. The predicted octanol–water partition coefficient (Wildman–Crippen LogP) is 11.0. The molecule has 0 aromatic rings. The summed E-state index contributed by atoms with van der Waals surface area (Å²) in [7, 11) is 0. The van der Waals surface area contributed by atoms with Gasteiger partial charge in [0.1, 0.15) is 0 Å². The Morgan fingerprint density at radius 2 is 0.607 bits per heavy atom. The molecule has 0 heterocycles. The summed E-state index contributed by atoms with van der Waals surface area (Å²) < 4.78 is 0. The van der Waals surface area contributed by atoms with Gasteiger partial charge in [-0.05, 0) is 5.92 Å². The molecule has 0 heteroatoms. The fraction of sp³-hybridized carbons (Fsp3) is 1.00. The van der Waals surface area contributed by atoms with Crippen LogP contribution in [0.4, 0.5) is 0 Å². The van der Waals surface area contributed by atoms with Crippen LogP contribution in [0.5, 0.6) is 0 Å². The molecule has 0 saturated carbocycles. The van der Waals surface area contributed by atoms with Gasteiger partial charge in [0.15, 0.2) is 0 Å². The molecule has 1 unspecified atom stereocenters. The van der Waals surface area contributed by atoms with Gasteiger partial charge in [-0.25, -0.2) is 0 Å². The first-order chi connectivity index (χ1) is 13.8. The largest absolute Gasteiger partial charge is 0.0654 e. The minimum absolute atomic E-state index is 1.03. The Morgan fingerprint density at radius 1 is 0.286 bits per heavy atom. The van der Waals surface area contributed by atoms with Crippen LogP contribution in [-0.2, 0) is 0 Å². The predicted molar refractivity (Wildman–Crippen MR) is 131 cm³/mol. The Morgan fingerprint density at radius 3 is 0.964 bits per heavy atom. The Bertz CT molecular complexity index is 257. The quantitative estimate of drug-likeness (QED) is 0.143. The second kappa shape index (κ2) is 25.0. The van der Waals surface area contributed by atoms with E-state index in [0.29, 0.717) is 0 Å². The highest BCUT2D eigenvalue weighted by Crippen LogP contribution is 2.22. The van der Waals surface area contributed by atoms with Crippen molar-refractivity contribution >= 4 is 0 Å². The lowest BCUT2D eigenvalue weighted by Gasteiger charge is -2.15. The molecule has 0 spiro atoms. The highest BCUT2D eigenvalue weighted by molar-refractivity contribution is 4.60. The van der Waals surface area contributed by atoms with Crippen LogP contribution < -0.4 is 0 Å². The van der Waals surface area contributed by atoms with Crippen molar-refractivity contribution in [2.45, 2.75) is 175 Å². The highest BCUT2D eigenvalue weighted by atomic mass is 14.1. The molecule has 0 radical (unpaired) electrons. The average molecular weight is 395 g/mol. The smallest absolute Gasteiger partial charge is 0.0414 e. The van der Waals surface area contributed by atoms with E-state index >= 15 is 0 Å². The summed E-state index contributed by atoms with van der Waals surface area (Å²) in [6, 6.07) is 0. The van der Waals surface area contributed by atoms with Gasteiger partial charge >= 0.3 is 0 Å². The normalized spacial score (nSPS) is 12.5. The Balaban J connectivity index is 3.17. The molecular weight excluding hydrogens is 336 g/mol. The van der Waals surface area contributed by atoms with Gasteiger partial charge in [0.05, 0.1) is 0 Å². The van der Waals surface area contributed by atoms with Crippen LogP contribution in [0.25, 0.3) is 0 Å². The molecule has 0 fully saturated rings. The van der Waals surface area contributed by atoms with E-state index in [-0.39, 0.29) is 0 Å². The third kappa shape index (κ3) is 22.3. The van der Waals surface area contributed by atoms with E-state index in [4.69, 9.17) is 0 Å². The van der Waals surface area contributed by atoms with Gasteiger partial charge in [-0.3, -0.25) is 0 Å². The molecule has 0 nitrogen and oxygen atoms in total. The molecule has 1 atom stereocenters. The summed E-state index contributed by atoms with van der Waals surface area (Å²) in [6.45, 7) is 6.99. The molecule has 0 aromatic heterocycles. The van der Waals surface area contributed by atoms with Crippen molar-refractivity contribution in [3.8, 4) is 0 Å². The van der Waals surface area contributed by atoms with Crippen LogP contribution in [0.1, 0.15) is 175 Å². The van der Waals surface area contributed by atoms with Crippen molar-refractivity contribution in [2.24, 2.45) is 5.92 Å². The van der Waals surface area contributed by atoms with Gasteiger partial charge in [-0.15, -0.1) is 0 Å². The van der Waals surface area contributed by atoms with Gasteiger partial charge in [-0.2, -0.15) is 0 Å². The molecule has 0 N–H and O–H groups in total. The Labute approximate surface area is 181 Å². The summed E-state index contributed by atoms with van der Waals surface area (Å²) >= 11 is 0. The monoisotopic (exact) mass is 394 g/mol. The number of hydrogen-bond donors (Lipinski definition) is 0. The summed E-state index contributed by atoms with van der Waals surface area (Å²) in [6.07, 6.45) is 35.3. The molecule has 0 aliphatic rings. The van der Waals surface area contributed by atoms with Crippen molar-refractivity contribution in [3.63, 3.8) is 0 Å². The van der Waals surface area contributed by atoms with Crippen molar-refractivity contribution in [2.75, 3.05) is 0 Å². The SMILES string of the molecule is CCCCCCCCCCCCCCCCCCCCC(CCC)CCCC. The van der Waals surface area contributed by atoms with Crippen LogP contribution in [0, 0.1) is 5.92 Å². The second-order valence-corrected chi connectivity index (χ2v) is 9.60. The van der Waals surface area contributed by atoms with Crippen LogP contribution in [0.15, 0.2) is 0 Å². The summed E-state index contributed by atoms with van der Waals surface area (Å²) in [5, 5.41) is 0. The van der Waals surface area contributed by atoms with Gasteiger partial charge in [0.2, 0.25) is 0 Å². The van der Waals surface area contributed by atoms with Crippen LogP contribution in [0.3, 0.4) is 0 Å². The van der Waals surface area contributed by atoms with Crippen molar-refractivity contribution < 1.29 is 0 Å². The molecule has 0 bridgehead atoms. The fourth-order valence-electron chi connectivity index (χ4n) is 4.67. The lowest BCUT2D eigenvalue weighted by atomic mass is 9.91. The zero-order valence-corrected chi connectivity index (χ0v) is 20.5. The Hall–Kier alpha value is 0. The van der Waals surface area contributed by atoms with E-state index in [0.717, 1.165) is 5.92 Å². The zero-order chi connectivity index (χ0) is 20.5. The highest BCUT2D eigenvalue weighted by Gasteiger charge is 2.06. The molecule has 170 valence electrons. The first-order valence-corrected chi connectivity index (χ1v) is 13.8. The lowest BCUT2D eigenvalue weighted by molar-refractivity contribution is 0.383. The molecule has 0 aliphatic heterocycles. The first-order valence-electron chi connectivity index (χ1n) is 13.8.